The molecule has 1 aromatic carbocycles. The molecule has 70 valence electrons. The standard InChI is InChI=1S/C8H11FN4/c9-7-2-1-6(10)3-5(7)4-13-8(11)12/h1-3H,4,10H2,(H4,11,12,13). The quantitative estimate of drug-likeness (QED) is 0.346. The lowest BCUT2D eigenvalue weighted by Gasteiger charge is -2.00. The SMILES string of the molecule is NC(N)=NCc1cc(N)ccc1F. The molecule has 0 radical (unpaired) electrons. The molecular weight excluding hydrogens is 171 g/mol. The summed E-state index contributed by atoms with van der Waals surface area (Å²) in [5.41, 5.74) is 16.5. The maximum Gasteiger partial charge on any atom is 0.186 e. The van der Waals surface area contributed by atoms with Crippen molar-refractivity contribution in [1.82, 2.24) is 0 Å². The summed E-state index contributed by atoms with van der Waals surface area (Å²) < 4.78 is 13.0. The van der Waals surface area contributed by atoms with Crippen LogP contribution in [0.3, 0.4) is 0 Å². The Morgan fingerprint density at radius 1 is 1.38 bits per heavy atom. The third kappa shape index (κ3) is 2.62. The van der Waals surface area contributed by atoms with Crippen LogP contribution in [0, 0.1) is 5.82 Å². The summed E-state index contributed by atoms with van der Waals surface area (Å²) in [6.45, 7) is 0.110. The summed E-state index contributed by atoms with van der Waals surface area (Å²) in [6.07, 6.45) is 0. The first-order chi connectivity index (χ1) is 6.09. The van der Waals surface area contributed by atoms with Crippen LogP contribution in [0.15, 0.2) is 23.2 Å². The molecule has 4 nitrogen and oxygen atoms in total. The van der Waals surface area contributed by atoms with Gasteiger partial charge < -0.3 is 17.2 Å². The molecule has 0 aromatic heterocycles. The lowest BCUT2D eigenvalue weighted by atomic mass is 10.2. The summed E-state index contributed by atoms with van der Waals surface area (Å²) in [5, 5.41) is 0. The molecule has 0 bridgehead atoms. The molecule has 0 fully saturated rings. The monoisotopic (exact) mass is 182 g/mol. The van der Waals surface area contributed by atoms with Crippen LogP contribution in [-0.2, 0) is 6.54 Å². The molecule has 0 aliphatic carbocycles. The van der Waals surface area contributed by atoms with E-state index in [0.29, 0.717) is 11.3 Å². The number of rotatable bonds is 2. The van der Waals surface area contributed by atoms with Gasteiger partial charge in [0.1, 0.15) is 5.82 Å². The molecule has 5 heteroatoms. The molecule has 1 aromatic rings. The second-order valence-corrected chi connectivity index (χ2v) is 2.59. The zero-order chi connectivity index (χ0) is 9.84. The second kappa shape index (κ2) is 3.75. The summed E-state index contributed by atoms with van der Waals surface area (Å²) in [4.78, 5) is 3.67. The van der Waals surface area contributed by atoms with Crippen molar-refractivity contribution >= 4 is 11.6 Å². The highest BCUT2D eigenvalue weighted by molar-refractivity contribution is 5.75. The predicted molar refractivity (Wildman–Crippen MR) is 50.3 cm³/mol. The van der Waals surface area contributed by atoms with Crippen LogP contribution < -0.4 is 17.2 Å². The van der Waals surface area contributed by atoms with E-state index in [1.807, 2.05) is 0 Å². The molecule has 0 aliphatic rings. The van der Waals surface area contributed by atoms with Gasteiger partial charge in [-0.2, -0.15) is 0 Å². The maximum absolute atomic E-state index is 13.0. The molecule has 0 amide bonds. The third-order valence-corrected chi connectivity index (χ3v) is 1.50. The average Bonchev–Trinajstić information content (AvgIpc) is 2.06. The van der Waals surface area contributed by atoms with Crippen LogP contribution in [0.2, 0.25) is 0 Å². The highest BCUT2D eigenvalue weighted by atomic mass is 19.1. The highest BCUT2D eigenvalue weighted by Crippen LogP contribution is 2.12. The number of aliphatic imine (C=N–C) groups is 1. The average molecular weight is 182 g/mol. The summed E-state index contributed by atoms with van der Waals surface area (Å²) >= 11 is 0. The van der Waals surface area contributed by atoms with Crippen molar-refractivity contribution in [2.24, 2.45) is 16.5 Å². The van der Waals surface area contributed by atoms with Gasteiger partial charge in [-0.1, -0.05) is 0 Å². The van der Waals surface area contributed by atoms with E-state index in [0.717, 1.165) is 0 Å². The van der Waals surface area contributed by atoms with Crippen LogP contribution >= 0.6 is 0 Å². The Kier molecular flexibility index (Phi) is 2.69. The minimum atomic E-state index is -0.362. The fourth-order valence-corrected chi connectivity index (χ4v) is 0.892. The Morgan fingerprint density at radius 2 is 2.08 bits per heavy atom. The Bertz CT molecular complexity index is 331. The van der Waals surface area contributed by atoms with Crippen molar-refractivity contribution in [2.45, 2.75) is 6.54 Å². The highest BCUT2D eigenvalue weighted by Gasteiger charge is 2.00. The minimum absolute atomic E-state index is 0.0678. The van der Waals surface area contributed by atoms with Gasteiger partial charge in [-0.3, -0.25) is 0 Å². The van der Waals surface area contributed by atoms with Crippen LogP contribution in [0.1, 0.15) is 5.56 Å². The normalized spacial score (nSPS) is 9.62. The molecule has 0 unspecified atom stereocenters. The van der Waals surface area contributed by atoms with E-state index in [-0.39, 0.29) is 18.3 Å². The van der Waals surface area contributed by atoms with Crippen LogP contribution in [-0.4, -0.2) is 5.96 Å². The Labute approximate surface area is 75.2 Å². The zero-order valence-electron chi connectivity index (χ0n) is 7.00. The van der Waals surface area contributed by atoms with Crippen molar-refractivity contribution in [3.63, 3.8) is 0 Å². The summed E-state index contributed by atoms with van der Waals surface area (Å²) in [5.74, 6) is -0.430. The number of nitrogens with two attached hydrogens (primary N) is 3. The summed E-state index contributed by atoms with van der Waals surface area (Å²) in [7, 11) is 0. The van der Waals surface area contributed by atoms with Crippen molar-refractivity contribution in [2.75, 3.05) is 5.73 Å². The van der Waals surface area contributed by atoms with Gasteiger partial charge >= 0.3 is 0 Å². The van der Waals surface area contributed by atoms with Gasteiger partial charge in [-0.15, -0.1) is 0 Å². The second-order valence-electron chi connectivity index (χ2n) is 2.59. The van der Waals surface area contributed by atoms with E-state index < -0.39 is 0 Å². The third-order valence-electron chi connectivity index (χ3n) is 1.50. The Hall–Kier alpha value is -1.78. The molecule has 6 N–H and O–H groups in total. The number of nitrogen functional groups attached to an aromatic ring is 1. The number of guanidine groups is 1. The fourth-order valence-electron chi connectivity index (χ4n) is 0.892. The number of anilines is 1. The van der Waals surface area contributed by atoms with E-state index in [9.17, 15) is 4.39 Å². The molecule has 0 aliphatic heterocycles. The Morgan fingerprint density at radius 3 is 2.69 bits per heavy atom. The first kappa shape index (κ1) is 9.31. The van der Waals surface area contributed by atoms with E-state index in [2.05, 4.69) is 4.99 Å². The largest absolute Gasteiger partial charge is 0.399 e. The molecule has 0 heterocycles. The number of benzene rings is 1. The number of hydrogen-bond donors (Lipinski definition) is 3. The molecule has 0 atom stereocenters. The van der Waals surface area contributed by atoms with Crippen LogP contribution in [0.5, 0.6) is 0 Å². The number of nitrogens with zero attached hydrogens (tertiary/aromatic N) is 1. The molecule has 0 saturated heterocycles. The van der Waals surface area contributed by atoms with Crippen molar-refractivity contribution in [3.8, 4) is 0 Å². The molecule has 13 heavy (non-hydrogen) atoms. The molecule has 1 rings (SSSR count). The van der Waals surface area contributed by atoms with Gasteiger partial charge in [-0.05, 0) is 18.2 Å². The van der Waals surface area contributed by atoms with E-state index >= 15 is 0 Å². The van der Waals surface area contributed by atoms with Gasteiger partial charge in [0.25, 0.3) is 0 Å². The lowest BCUT2D eigenvalue weighted by Crippen LogP contribution is -2.22. The Balaban J connectivity index is 2.87. The fraction of sp³-hybridized carbons (Fsp3) is 0.125. The van der Waals surface area contributed by atoms with Crippen LogP contribution in [0.25, 0.3) is 0 Å². The lowest BCUT2D eigenvalue weighted by molar-refractivity contribution is 0.611. The molecular formula is C8H11FN4. The molecule has 0 spiro atoms. The van der Waals surface area contributed by atoms with Gasteiger partial charge in [0.2, 0.25) is 0 Å². The first-order valence-electron chi connectivity index (χ1n) is 3.69. The maximum atomic E-state index is 13.0. The van der Waals surface area contributed by atoms with Crippen molar-refractivity contribution in [3.05, 3.63) is 29.6 Å². The first-order valence-corrected chi connectivity index (χ1v) is 3.69. The van der Waals surface area contributed by atoms with Crippen molar-refractivity contribution in [1.29, 1.82) is 0 Å². The van der Waals surface area contributed by atoms with E-state index in [1.165, 1.54) is 18.2 Å². The van der Waals surface area contributed by atoms with Gasteiger partial charge in [0.15, 0.2) is 5.96 Å². The predicted octanol–water partition coefficient (Wildman–Crippen LogP) is 0.181. The smallest absolute Gasteiger partial charge is 0.186 e. The summed E-state index contributed by atoms with van der Waals surface area (Å²) in [6, 6.07) is 4.27. The minimum Gasteiger partial charge on any atom is -0.399 e. The van der Waals surface area contributed by atoms with Gasteiger partial charge in [0, 0.05) is 11.3 Å². The van der Waals surface area contributed by atoms with E-state index in [4.69, 9.17) is 17.2 Å². The van der Waals surface area contributed by atoms with E-state index in [1.54, 1.807) is 0 Å². The zero-order valence-corrected chi connectivity index (χ0v) is 7.00. The van der Waals surface area contributed by atoms with Crippen molar-refractivity contribution < 1.29 is 4.39 Å². The van der Waals surface area contributed by atoms with Gasteiger partial charge in [-0.25, -0.2) is 9.38 Å². The van der Waals surface area contributed by atoms with Gasteiger partial charge in [0.05, 0.1) is 6.54 Å². The topological polar surface area (TPSA) is 90.4 Å². The molecule has 0 saturated carbocycles. The number of hydrogen-bond acceptors (Lipinski definition) is 2. The van der Waals surface area contributed by atoms with Crippen LogP contribution in [0.4, 0.5) is 10.1 Å². The number of halogens is 1.